The maximum absolute atomic E-state index is 13.1. The molecule has 1 heterocycles. The summed E-state index contributed by atoms with van der Waals surface area (Å²) in [6.45, 7) is 3.07. The van der Waals surface area contributed by atoms with Crippen LogP contribution in [0.3, 0.4) is 0 Å². The monoisotopic (exact) mass is 418 g/mol. The van der Waals surface area contributed by atoms with E-state index < -0.39 is 0 Å². The van der Waals surface area contributed by atoms with Crippen LogP contribution >= 0.6 is 0 Å². The van der Waals surface area contributed by atoms with E-state index in [4.69, 9.17) is 4.74 Å². The summed E-state index contributed by atoms with van der Waals surface area (Å²) in [5.41, 5.74) is 5.03. The lowest BCUT2D eigenvalue weighted by atomic mass is 9.85. The molecule has 4 heteroatoms. The van der Waals surface area contributed by atoms with Crippen molar-refractivity contribution >= 4 is 5.91 Å². The van der Waals surface area contributed by atoms with Crippen molar-refractivity contribution in [2.45, 2.75) is 70.0 Å². The van der Waals surface area contributed by atoms with Gasteiger partial charge in [-0.25, -0.2) is 0 Å². The zero-order valence-corrected chi connectivity index (χ0v) is 18.8. The summed E-state index contributed by atoms with van der Waals surface area (Å²) in [5, 5.41) is 3.70. The van der Waals surface area contributed by atoms with Crippen LogP contribution in [0.25, 0.3) is 0 Å². The van der Waals surface area contributed by atoms with Gasteiger partial charge in [0, 0.05) is 30.7 Å². The third-order valence-electron chi connectivity index (χ3n) is 7.36. The number of amides is 1. The lowest BCUT2D eigenvalue weighted by molar-refractivity contribution is 0.0719. The smallest absolute Gasteiger partial charge is 0.253 e. The van der Waals surface area contributed by atoms with Crippen LogP contribution in [0.2, 0.25) is 0 Å². The fourth-order valence-corrected chi connectivity index (χ4v) is 5.05. The number of carbonyl (C=O) groups is 1. The second kappa shape index (κ2) is 8.66. The molecule has 1 saturated heterocycles. The zero-order valence-electron chi connectivity index (χ0n) is 18.8. The first kappa shape index (κ1) is 20.6. The molecule has 164 valence electrons. The van der Waals surface area contributed by atoms with Crippen LogP contribution in [0.4, 0.5) is 0 Å². The molecule has 2 fully saturated rings. The van der Waals surface area contributed by atoms with E-state index in [0.29, 0.717) is 12.1 Å². The predicted octanol–water partition coefficient (Wildman–Crippen LogP) is 4.92. The van der Waals surface area contributed by atoms with Crippen LogP contribution in [0.1, 0.15) is 72.1 Å². The average Bonchev–Trinajstić information content (AvgIpc) is 3.54. The van der Waals surface area contributed by atoms with E-state index in [1.165, 1.54) is 42.4 Å². The number of ether oxygens (including phenoxy) is 1. The first-order valence-electron chi connectivity index (χ1n) is 11.9. The van der Waals surface area contributed by atoms with Crippen LogP contribution in [0.5, 0.6) is 5.75 Å². The highest BCUT2D eigenvalue weighted by Crippen LogP contribution is 2.32. The minimum Gasteiger partial charge on any atom is -0.493 e. The summed E-state index contributed by atoms with van der Waals surface area (Å²) < 4.78 is 5.80. The number of hydrogen-bond donors (Lipinski definition) is 1. The molecule has 0 bridgehead atoms. The number of nitrogens with one attached hydrogen (secondary N) is 1. The van der Waals surface area contributed by atoms with Crippen molar-refractivity contribution in [3.05, 3.63) is 64.7 Å². The minimum absolute atomic E-state index is 0.1000. The predicted molar refractivity (Wildman–Crippen MR) is 124 cm³/mol. The fourth-order valence-electron chi connectivity index (χ4n) is 5.05. The molecule has 3 aliphatic rings. The van der Waals surface area contributed by atoms with Crippen molar-refractivity contribution in [1.82, 2.24) is 10.2 Å². The molecule has 2 aromatic rings. The van der Waals surface area contributed by atoms with Crippen molar-refractivity contribution < 1.29 is 9.53 Å². The maximum atomic E-state index is 13.1. The van der Waals surface area contributed by atoms with E-state index in [2.05, 4.69) is 30.4 Å². The number of benzene rings is 2. The van der Waals surface area contributed by atoms with E-state index >= 15 is 0 Å². The normalized spacial score (nSPS) is 25.2. The van der Waals surface area contributed by atoms with Gasteiger partial charge >= 0.3 is 0 Å². The summed E-state index contributed by atoms with van der Waals surface area (Å²) in [5.74, 6) is 1.69. The molecule has 1 saturated carbocycles. The van der Waals surface area contributed by atoms with Crippen LogP contribution in [-0.4, -0.2) is 36.5 Å². The molecule has 4 nitrogen and oxygen atoms in total. The summed E-state index contributed by atoms with van der Waals surface area (Å²) >= 11 is 0. The number of nitrogens with zero attached hydrogens (tertiary/aromatic N) is 1. The van der Waals surface area contributed by atoms with Gasteiger partial charge in [-0.3, -0.25) is 4.79 Å². The number of hydrogen-bond acceptors (Lipinski definition) is 3. The Morgan fingerprint density at radius 1 is 1.03 bits per heavy atom. The van der Waals surface area contributed by atoms with Crippen molar-refractivity contribution in [2.24, 2.45) is 5.92 Å². The Hall–Kier alpha value is -2.33. The Kier molecular flexibility index (Phi) is 5.75. The van der Waals surface area contributed by atoms with Crippen molar-refractivity contribution in [2.75, 3.05) is 13.7 Å². The lowest BCUT2D eigenvalue weighted by Gasteiger charge is -2.33. The van der Waals surface area contributed by atoms with E-state index in [1.54, 1.807) is 0 Å². The third kappa shape index (κ3) is 4.64. The molecule has 0 aromatic heterocycles. The summed E-state index contributed by atoms with van der Waals surface area (Å²) in [4.78, 5) is 15.0. The van der Waals surface area contributed by atoms with Crippen molar-refractivity contribution in [1.29, 1.82) is 0 Å². The van der Waals surface area contributed by atoms with Gasteiger partial charge in [0.25, 0.3) is 5.91 Å². The Balaban J connectivity index is 1.21. The minimum atomic E-state index is 0.1000. The third-order valence-corrected chi connectivity index (χ3v) is 7.36. The quantitative estimate of drug-likeness (QED) is 0.724. The van der Waals surface area contributed by atoms with Gasteiger partial charge in [0.1, 0.15) is 5.75 Å². The van der Waals surface area contributed by atoms with Gasteiger partial charge in [0.2, 0.25) is 0 Å². The first-order valence-corrected chi connectivity index (χ1v) is 11.9. The molecule has 5 rings (SSSR count). The first-order chi connectivity index (χ1) is 15.1. The Morgan fingerprint density at radius 3 is 2.55 bits per heavy atom. The number of aryl methyl sites for hydroxylation is 1. The number of carbonyl (C=O) groups excluding carboxylic acids is 1. The van der Waals surface area contributed by atoms with E-state index in [9.17, 15) is 4.79 Å². The lowest BCUT2D eigenvalue weighted by Crippen LogP contribution is -2.40. The van der Waals surface area contributed by atoms with Gasteiger partial charge in [-0.1, -0.05) is 18.2 Å². The van der Waals surface area contributed by atoms with Gasteiger partial charge in [-0.2, -0.15) is 0 Å². The number of rotatable bonds is 6. The van der Waals surface area contributed by atoms with Crippen LogP contribution in [0, 0.1) is 5.92 Å². The molecule has 1 amide bonds. The second-order valence-electron chi connectivity index (χ2n) is 9.82. The highest BCUT2D eigenvalue weighted by molar-refractivity contribution is 5.94. The average molecular weight is 419 g/mol. The summed E-state index contributed by atoms with van der Waals surface area (Å²) in [6, 6.07) is 16.0. The van der Waals surface area contributed by atoms with Crippen LogP contribution in [-0.2, 0) is 12.8 Å². The highest BCUT2D eigenvalue weighted by Gasteiger charge is 2.28. The molecule has 3 atom stereocenters. The van der Waals surface area contributed by atoms with Crippen LogP contribution in [0.15, 0.2) is 42.5 Å². The molecule has 3 unspecified atom stereocenters. The summed E-state index contributed by atoms with van der Waals surface area (Å²) in [6.07, 6.45) is 8.05. The maximum Gasteiger partial charge on any atom is 0.253 e. The molecule has 2 aliphatic carbocycles. The fraction of sp³-hybridized carbons (Fsp3) is 0.519. The number of likely N-dealkylation sites (N-methyl/N-ethyl adjacent to an activating group) is 1. The molecule has 1 N–H and O–H groups in total. The van der Waals surface area contributed by atoms with Gasteiger partial charge in [0.05, 0.1) is 6.61 Å². The summed E-state index contributed by atoms with van der Waals surface area (Å²) in [7, 11) is 1.95. The molecule has 0 radical (unpaired) electrons. The molecule has 1 aliphatic heterocycles. The number of fused-ring (bicyclic) bond motifs is 1. The Morgan fingerprint density at radius 2 is 1.84 bits per heavy atom. The Bertz CT molecular complexity index is 935. The zero-order chi connectivity index (χ0) is 21.4. The molecular weight excluding hydrogens is 384 g/mol. The topological polar surface area (TPSA) is 41.6 Å². The van der Waals surface area contributed by atoms with Crippen LogP contribution < -0.4 is 10.1 Å². The van der Waals surface area contributed by atoms with Gasteiger partial charge < -0.3 is 15.0 Å². The molecular formula is C27H34N2O2. The van der Waals surface area contributed by atoms with Crippen molar-refractivity contribution in [3.8, 4) is 5.75 Å². The van der Waals surface area contributed by atoms with Gasteiger partial charge in [-0.05, 0) is 98.7 Å². The SMILES string of the molecule is CC1CCC(c2ccc3c(c2)CCC(N(C)C(=O)c2ccc(OCC4CC4)cc2)C3)N1. The standard InChI is InChI=1S/C27H34N2O2/c1-18-3-14-26(28-18)23-7-6-22-16-24(11-8-21(22)15-23)29(2)27(30)20-9-12-25(13-10-20)31-17-19-4-5-19/h6-7,9-10,12-13,15,18-19,24,26,28H,3-5,8,11,14,16-17H2,1-2H3. The van der Waals surface area contributed by atoms with Gasteiger partial charge in [0.15, 0.2) is 0 Å². The molecule has 31 heavy (non-hydrogen) atoms. The highest BCUT2D eigenvalue weighted by atomic mass is 16.5. The molecule has 2 aromatic carbocycles. The van der Waals surface area contributed by atoms with Crippen molar-refractivity contribution in [3.63, 3.8) is 0 Å². The second-order valence-corrected chi connectivity index (χ2v) is 9.82. The molecule has 0 spiro atoms. The van der Waals surface area contributed by atoms with E-state index in [-0.39, 0.29) is 11.9 Å². The van der Waals surface area contributed by atoms with E-state index in [1.807, 2.05) is 36.2 Å². The van der Waals surface area contributed by atoms with Gasteiger partial charge in [-0.15, -0.1) is 0 Å². The van der Waals surface area contributed by atoms with E-state index in [0.717, 1.165) is 43.1 Å². The Labute approximate surface area is 186 Å². The largest absolute Gasteiger partial charge is 0.493 e.